The van der Waals surface area contributed by atoms with Crippen LogP contribution in [0.5, 0.6) is 0 Å². The molecule has 5 heteroatoms. The van der Waals surface area contributed by atoms with Crippen LogP contribution in [0.2, 0.25) is 0 Å². The second kappa shape index (κ2) is 6.61. The molecule has 4 rings (SSSR count). The van der Waals surface area contributed by atoms with Gasteiger partial charge in [-0.1, -0.05) is 42.5 Å². The van der Waals surface area contributed by atoms with Gasteiger partial charge in [-0.25, -0.2) is 4.98 Å². The summed E-state index contributed by atoms with van der Waals surface area (Å²) in [5.41, 5.74) is 5.10. The predicted octanol–water partition coefficient (Wildman–Crippen LogP) is 3.41. The Hall–Kier alpha value is -3.18. The molecule has 0 aliphatic carbocycles. The van der Waals surface area contributed by atoms with E-state index in [0.29, 0.717) is 5.69 Å². The van der Waals surface area contributed by atoms with Crippen LogP contribution in [0.3, 0.4) is 0 Å². The van der Waals surface area contributed by atoms with Gasteiger partial charge in [0.1, 0.15) is 5.69 Å². The predicted molar refractivity (Wildman–Crippen MR) is 103 cm³/mol. The summed E-state index contributed by atoms with van der Waals surface area (Å²) < 4.78 is 0. The van der Waals surface area contributed by atoms with Crippen molar-refractivity contribution in [3.63, 3.8) is 0 Å². The lowest BCUT2D eigenvalue weighted by atomic mass is 10.0. The van der Waals surface area contributed by atoms with Crippen LogP contribution in [0, 0.1) is 6.92 Å². The third-order valence-corrected chi connectivity index (χ3v) is 4.53. The summed E-state index contributed by atoms with van der Waals surface area (Å²) in [4.78, 5) is 20.6. The van der Waals surface area contributed by atoms with E-state index in [1.807, 2.05) is 61.5 Å². The van der Waals surface area contributed by atoms with Crippen molar-refractivity contribution in [1.29, 1.82) is 0 Å². The standard InChI is InChI=1S/C21H19N3O2/c1-13-6-2-3-7-14(13)19-20-16(15-8-4-5-9-17(15)23-20)12-18(24-19)21(26)22-10-11-25/h2-9,12,23,25H,10-11H2,1H3,(H,22,26). The molecule has 0 bridgehead atoms. The van der Waals surface area contributed by atoms with E-state index in [2.05, 4.69) is 15.3 Å². The van der Waals surface area contributed by atoms with Gasteiger partial charge in [-0.15, -0.1) is 0 Å². The Bertz CT molecular complexity index is 1110. The summed E-state index contributed by atoms with van der Waals surface area (Å²) in [5, 5.41) is 13.7. The van der Waals surface area contributed by atoms with Crippen LogP contribution >= 0.6 is 0 Å². The lowest BCUT2D eigenvalue weighted by Crippen LogP contribution is -2.27. The highest BCUT2D eigenvalue weighted by molar-refractivity contribution is 6.13. The zero-order valence-electron chi connectivity index (χ0n) is 14.4. The zero-order valence-corrected chi connectivity index (χ0v) is 14.4. The van der Waals surface area contributed by atoms with Gasteiger partial charge in [0.25, 0.3) is 5.91 Å². The fourth-order valence-corrected chi connectivity index (χ4v) is 3.26. The molecule has 1 amide bonds. The highest BCUT2D eigenvalue weighted by Gasteiger charge is 2.17. The number of aliphatic hydroxyl groups is 1. The van der Waals surface area contributed by atoms with Crippen molar-refractivity contribution in [2.45, 2.75) is 6.92 Å². The van der Waals surface area contributed by atoms with E-state index in [1.165, 1.54) is 0 Å². The van der Waals surface area contributed by atoms with E-state index < -0.39 is 0 Å². The molecule has 0 atom stereocenters. The summed E-state index contributed by atoms with van der Waals surface area (Å²) in [7, 11) is 0. The van der Waals surface area contributed by atoms with Crippen molar-refractivity contribution in [3.8, 4) is 11.3 Å². The number of aryl methyl sites for hydroxylation is 1. The maximum atomic E-state index is 12.5. The first-order chi connectivity index (χ1) is 12.7. The molecule has 5 nitrogen and oxygen atoms in total. The van der Waals surface area contributed by atoms with Crippen molar-refractivity contribution >= 4 is 27.7 Å². The lowest BCUT2D eigenvalue weighted by Gasteiger charge is -2.10. The van der Waals surface area contributed by atoms with E-state index in [-0.39, 0.29) is 19.1 Å². The molecule has 130 valence electrons. The number of aliphatic hydroxyl groups excluding tert-OH is 1. The Morgan fingerprint density at radius 3 is 2.69 bits per heavy atom. The number of benzene rings is 2. The summed E-state index contributed by atoms with van der Waals surface area (Å²) in [6, 6.07) is 17.8. The number of hydrogen-bond donors (Lipinski definition) is 3. The van der Waals surface area contributed by atoms with Crippen molar-refractivity contribution in [1.82, 2.24) is 15.3 Å². The molecule has 0 spiro atoms. The summed E-state index contributed by atoms with van der Waals surface area (Å²) in [5.74, 6) is -0.291. The molecule has 4 aromatic rings. The first-order valence-corrected chi connectivity index (χ1v) is 8.55. The molecule has 2 aromatic carbocycles. The molecule has 0 aliphatic heterocycles. The maximum Gasteiger partial charge on any atom is 0.270 e. The molecule has 26 heavy (non-hydrogen) atoms. The second-order valence-corrected chi connectivity index (χ2v) is 6.24. The van der Waals surface area contributed by atoms with Crippen molar-refractivity contribution in [3.05, 3.63) is 65.9 Å². The van der Waals surface area contributed by atoms with E-state index in [4.69, 9.17) is 5.11 Å². The minimum atomic E-state index is -0.291. The number of aromatic amines is 1. The molecule has 0 radical (unpaired) electrons. The monoisotopic (exact) mass is 345 g/mol. The van der Waals surface area contributed by atoms with Gasteiger partial charge in [-0.3, -0.25) is 4.79 Å². The van der Waals surface area contributed by atoms with Crippen molar-refractivity contribution < 1.29 is 9.90 Å². The number of amides is 1. The number of nitrogens with one attached hydrogen (secondary N) is 2. The molecule has 0 fully saturated rings. The highest BCUT2D eigenvalue weighted by atomic mass is 16.3. The van der Waals surface area contributed by atoms with Crippen LogP contribution in [0.15, 0.2) is 54.6 Å². The molecule has 0 saturated heterocycles. The Morgan fingerprint density at radius 1 is 1.12 bits per heavy atom. The molecular formula is C21H19N3O2. The van der Waals surface area contributed by atoms with E-state index in [0.717, 1.165) is 38.6 Å². The number of hydrogen-bond acceptors (Lipinski definition) is 3. The molecule has 0 unspecified atom stereocenters. The van der Waals surface area contributed by atoms with Gasteiger partial charge in [0.15, 0.2) is 0 Å². The van der Waals surface area contributed by atoms with Gasteiger partial charge in [-0.2, -0.15) is 0 Å². The molecule has 3 N–H and O–H groups in total. The van der Waals surface area contributed by atoms with Crippen LogP contribution in [0.1, 0.15) is 16.1 Å². The first-order valence-electron chi connectivity index (χ1n) is 8.55. The fraction of sp³-hybridized carbons (Fsp3) is 0.143. The third-order valence-electron chi connectivity index (χ3n) is 4.53. The highest BCUT2D eigenvalue weighted by Crippen LogP contribution is 2.33. The van der Waals surface area contributed by atoms with Gasteiger partial charge < -0.3 is 15.4 Å². The number of carbonyl (C=O) groups excluding carboxylic acids is 1. The minimum absolute atomic E-state index is 0.105. The lowest BCUT2D eigenvalue weighted by molar-refractivity contribution is 0.0940. The number of para-hydroxylation sites is 1. The van der Waals surface area contributed by atoms with Gasteiger partial charge in [0.05, 0.1) is 17.8 Å². The van der Waals surface area contributed by atoms with Crippen LogP contribution < -0.4 is 5.32 Å². The summed E-state index contributed by atoms with van der Waals surface area (Å²) in [6.45, 7) is 2.13. The quantitative estimate of drug-likeness (QED) is 0.530. The van der Waals surface area contributed by atoms with Gasteiger partial charge in [0, 0.05) is 28.4 Å². The maximum absolute atomic E-state index is 12.5. The normalized spacial score (nSPS) is 11.2. The van der Waals surface area contributed by atoms with Gasteiger partial charge in [0.2, 0.25) is 0 Å². The Morgan fingerprint density at radius 2 is 1.88 bits per heavy atom. The average Bonchev–Trinajstić information content (AvgIpc) is 3.04. The van der Waals surface area contributed by atoms with Crippen molar-refractivity contribution in [2.24, 2.45) is 0 Å². The van der Waals surface area contributed by atoms with Crippen LogP contribution in [-0.2, 0) is 0 Å². The SMILES string of the molecule is Cc1ccccc1-c1nc(C(=O)NCCO)cc2c1[nH]c1ccccc12. The number of fused-ring (bicyclic) bond motifs is 3. The largest absolute Gasteiger partial charge is 0.395 e. The summed E-state index contributed by atoms with van der Waals surface area (Å²) in [6.07, 6.45) is 0. The topological polar surface area (TPSA) is 78.0 Å². The number of pyridine rings is 1. The fourth-order valence-electron chi connectivity index (χ4n) is 3.26. The van der Waals surface area contributed by atoms with Gasteiger partial charge in [-0.05, 0) is 24.6 Å². The van der Waals surface area contributed by atoms with Crippen LogP contribution in [-0.4, -0.2) is 34.1 Å². The van der Waals surface area contributed by atoms with E-state index >= 15 is 0 Å². The number of rotatable bonds is 4. The summed E-state index contributed by atoms with van der Waals surface area (Å²) >= 11 is 0. The number of H-pyrrole nitrogens is 1. The third kappa shape index (κ3) is 2.72. The van der Waals surface area contributed by atoms with Gasteiger partial charge >= 0.3 is 0 Å². The minimum Gasteiger partial charge on any atom is -0.395 e. The molecule has 2 heterocycles. The Labute approximate surface area is 150 Å². The Kier molecular flexibility index (Phi) is 4.14. The molecule has 0 aliphatic rings. The van der Waals surface area contributed by atoms with E-state index in [9.17, 15) is 4.79 Å². The average molecular weight is 345 g/mol. The smallest absolute Gasteiger partial charge is 0.270 e. The number of carbonyl (C=O) groups is 1. The first kappa shape index (κ1) is 16.3. The molecule has 0 saturated carbocycles. The van der Waals surface area contributed by atoms with Crippen LogP contribution in [0.4, 0.5) is 0 Å². The Balaban J connectivity index is 2.02. The van der Waals surface area contributed by atoms with Crippen molar-refractivity contribution in [2.75, 3.05) is 13.2 Å². The number of nitrogens with zero attached hydrogens (tertiary/aromatic N) is 1. The second-order valence-electron chi connectivity index (χ2n) is 6.24. The molecular weight excluding hydrogens is 326 g/mol. The van der Waals surface area contributed by atoms with E-state index in [1.54, 1.807) is 0 Å². The molecule has 2 aromatic heterocycles. The number of aromatic nitrogens is 2. The van der Waals surface area contributed by atoms with Crippen LogP contribution in [0.25, 0.3) is 33.1 Å². The zero-order chi connectivity index (χ0) is 18.1.